The molecule has 0 spiro atoms. The van der Waals surface area contributed by atoms with Gasteiger partial charge in [0, 0.05) is 34.5 Å². The number of halogens is 1. The van der Waals surface area contributed by atoms with E-state index in [-0.39, 0.29) is 21.1 Å². The molecule has 0 aliphatic heterocycles. The van der Waals surface area contributed by atoms with E-state index in [0.29, 0.717) is 33.4 Å². The summed E-state index contributed by atoms with van der Waals surface area (Å²) in [6.07, 6.45) is 3.01. The van der Waals surface area contributed by atoms with Crippen LogP contribution in [0.5, 0.6) is 11.5 Å². The first-order valence-corrected chi connectivity index (χ1v) is 13.6. The molecule has 0 aliphatic carbocycles. The summed E-state index contributed by atoms with van der Waals surface area (Å²) in [7, 11) is -1.26. The standard InChI is InChI=1S/C29H23ClN2O6S/c1-17-8-10-20(11-9-17)39(35,36)32-16-24(21-6-4-5-7-26(21)37-2)22-13-19(15-31-28(22)32)18-12-23(29(34)38-3)27(33)25(30)14-18/h4-16,33H,1-3H3. The molecule has 2 aromatic heterocycles. The van der Waals surface area contributed by atoms with E-state index < -0.39 is 21.7 Å². The lowest BCUT2D eigenvalue weighted by molar-refractivity contribution is 0.0597. The number of ether oxygens (including phenoxy) is 2. The van der Waals surface area contributed by atoms with Crippen LogP contribution < -0.4 is 4.74 Å². The van der Waals surface area contributed by atoms with E-state index >= 15 is 0 Å². The number of aryl methyl sites for hydroxylation is 1. The number of phenolic OH excluding ortho intramolecular Hbond substituents is 1. The number of pyridine rings is 1. The third kappa shape index (κ3) is 4.60. The van der Waals surface area contributed by atoms with Crippen LogP contribution in [0.2, 0.25) is 5.02 Å². The SMILES string of the molecule is COC(=O)c1cc(-c2cnc3c(c2)c(-c2ccccc2OC)cn3S(=O)(=O)c2ccc(C)cc2)cc(Cl)c1O. The second-order valence-corrected chi connectivity index (χ2v) is 11.0. The van der Waals surface area contributed by atoms with E-state index in [1.54, 1.807) is 36.4 Å². The molecule has 3 aromatic carbocycles. The molecule has 0 aliphatic rings. The van der Waals surface area contributed by atoms with E-state index in [4.69, 9.17) is 21.1 Å². The van der Waals surface area contributed by atoms with Crippen molar-refractivity contribution in [2.45, 2.75) is 11.8 Å². The zero-order valence-electron chi connectivity index (χ0n) is 21.2. The van der Waals surface area contributed by atoms with Crippen LogP contribution in [0, 0.1) is 6.92 Å². The van der Waals surface area contributed by atoms with Gasteiger partial charge < -0.3 is 14.6 Å². The van der Waals surface area contributed by atoms with Gasteiger partial charge in [-0.2, -0.15) is 0 Å². The fourth-order valence-corrected chi connectivity index (χ4v) is 5.90. The number of aromatic nitrogens is 2. The Balaban J connectivity index is 1.79. The first kappa shape index (κ1) is 26.3. The zero-order chi connectivity index (χ0) is 27.9. The maximum atomic E-state index is 13.7. The fraction of sp³-hybridized carbons (Fsp3) is 0.103. The maximum absolute atomic E-state index is 13.7. The van der Waals surface area contributed by atoms with Gasteiger partial charge in [0.2, 0.25) is 0 Å². The molecular weight excluding hydrogens is 540 g/mol. The molecule has 8 nitrogen and oxygen atoms in total. The molecule has 0 radical (unpaired) electrons. The second-order valence-electron chi connectivity index (χ2n) is 8.80. The molecule has 39 heavy (non-hydrogen) atoms. The monoisotopic (exact) mass is 562 g/mol. The van der Waals surface area contributed by atoms with Crippen LogP contribution >= 0.6 is 11.6 Å². The predicted octanol–water partition coefficient (Wildman–Crippen LogP) is 6.07. The van der Waals surface area contributed by atoms with Crippen LogP contribution in [-0.2, 0) is 14.8 Å². The third-order valence-electron chi connectivity index (χ3n) is 6.39. The summed E-state index contributed by atoms with van der Waals surface area (Å²) in [4.78, 5) is 16.9. The van der Waals surface area contributed by atoms with Crippen molar-refractivity contribution in [2.24, 2.45) is 0 Å². The minimum Gasteiger partial charge on any atom is -0.505 e. The van der Waals surface area contributed by atoms with Crippen molar-refractivity contribution in [1.29, 1.82) is 0 Å². The Morgan fingerprint density at radius 1 is 0.974 bits per heavy atom. The Labute approximate surface area is 230 Å². The van der Waals surface area contributed by atoms with Crippen LogP contribution in [0.15, 0.2) is 84.0 Å². The maximum Gasteiger partial charge on any atom is 0.341 e. The van der Waals surface area contributed by atoms with Gasteiger partial charge in [-0.1, -0.05) is 47.5 Å². The van der Waals surface area contributed by atoms with Gasteiger partial charge in [0.15, 0.2) is 5.65 Å². The number of rotatable bonds is 6. The molecule has 0 unspecified atom stereocenters. The Morgan fingerprint density at radius 3 is 2.38 bits per heavy atom. The van der Waals surface area contributed by atoms with Crippen LogP contribution in [0.4, 0.5) is 0 Å². The molecule has 0 amide bonds. The Morgan fingerprint density at radius 2 is 1.69 bits per heavy atom. The molecule has 0 saturated heterocycles. The number of methoxy groups -OCH3 is 2. The molecule has 0 saturated carbocycles. The molecule has 0 fully saturated rings. The van der Waals surface area contributed by atoms with E-state index in [1.165, 1.54) is 38.7 Å². The van der Waals surface area contributed by atoms with Gasteiger partial charge in [-0.25, -0.2) is 22.2 Å². The summed E-state index contributed by atoms with van der Waals surface area (Å²) in [6.45, 7) is 1.88. The van der Waals surface area contributed by atoms with Crippen molar-refractivity contribution < 1.29 is 27.8 Å². The van der Waals surface area contributed by atoms with Crippen molar-refractivity contribution in [2.75, 3.05) is 14.2 Å². The molecule has 0 bridgehead atoms. The number of carbonyl (C=O) groups excluding carboxylic acids is 1. The average Bonchev–Trinajstić information content (AvgIpc) is 3.33. The van der Waals surface area contributed by atoms with E-state index in [9.17, 15) is 18.3 Å². The molecular formula is C29H23ClN2O6S. The van der Waals surface area contributed by atoms with Gasteiger partial charge in [0.25, 0.3) is 10.0 Å². The highest BCUT2D eigenvalue weighted by Gasteiger charge is 2.25. The number of benzene rings is 3. The number of para-hydroxylation sites is 1. The van der Waals surface area contributed by atoms with Gasteiger partial charge in [-0.15, -0.1) is 0 Å². The Bertz CT molecular complexity index is 1850. The Kier molecular flexibility index (Phi) is 6.80. The van der Waals surface area contributed by atoms with E-state index in [0.717, 1.165) is 9.54 Å². The number of nitrogens with zero attached hydrogens (tertiary/aromatic N) is 2. The molecule has 5 aromatic rings. The van der Waals surface area contributed by atoms with Crippen LogP contribution in [-0.4, -0.2) is 42.7 Å². The number of phenols is 1. The van der Waals surface area contributed by atoms with E-state index in [2.05, 4.69) is 4.98 Å². The number of esters is 1. The summed E-state index contributed by atoms with van der Waals surface area (Å²) in [5.74, 6) is -0.600. The highest BCUT2D eigenvalue weighted by atomic mass is 35.5. The van der Waals surface area contributed by atoms with Crippen LogP contribution in [0.25, 0.3) is 33.3 Å². The highest BCUT2D eigenvalue weighted by Crippen LogP contribution is 2.40. The highest BCUT2D eigenvalue weighted by molar-refractivity contribution is 7.90. The average molecular weight is 563 g/mol. The number of aromatic hydroxyl groups is 1. The normalized spacial score (nSPS) is 11.5. The summed E-state index contributed by atoms with van der Waals surface area (Å²) < 4.78 is 39.0. The molecule has 198 valence electrons. The lowest BCUT2D eigenvalue weighted by atomic mass is 10.00. The van der Waals surface area contributed by atoms with Crippen molar-refractivity contribution in [3.8, 4) is 33.8 Å². The smallest absolute Gasteiger partial charge is 0.341 e. The summed E-state index contributed by atoms with van der Waals surface area (Å²) in [5, 5.41) is 10.8. The quantitative estimate of drug-likeness (QED) is 0.250. The number of carbonyl (C=O) groups is 1. The van der Waals surface area contributed by atoms with Crippen LogP contribution in [0.1, 0.15) is 15.9 Å². The molecule has 0 atom stereocenters. The molecule has 2 heterocycles. The predicted molar refractivity (Wildman–Crippen MR) is 149 cm³/mol. The fourth-order valence-electron chi connectivity index (χ4n) is 4.36. The van der Waals surface area contributed by atoms with Gasteiger partial charge in [-0.05, 0) is 48.9 Å². The number of fused-ring (bicyclic) bond motifs is 1. The van der Waals surface area contributed by atoms with Gasteiger partial charge >= 0.3 is 5.97 Å². The topological polar surface area (TPSA) is 108 Å². The lowest BCUT2D eigenvalue weighted by Crippen LogP contribution is -2.12. The van der Waals surface area contributed by atoms with Crippen molar-refractivity contribution in [1.82, 2.24) is 8.96 Å². The van der Waals surface area contributed by atoms with E-state index in [1.807, 2.05) is 25.1 Å². The zero-order valence-corrected chi connectivity index (χ0v) is 22.7. The van der Waals surface area contributed by atoms with Crippen molar-refractivity contribution >= 4 is 38.6 Å². The number of hydrogen-bond acceptors (Lipinski definition) is 7. The molecule has 1 N–H and O–H groups in total. The van der Waals surface area contributed by atoms with Crippen LogP contribution in [0.3, 0.4) is 0 Å². The summed E-state index contributed by atoms with van der Waals surface area (Å²) >= 11 is 6.22. The first-order chi connectivity index (χ1) is 18.6. The minimum absolute atomic E-state index is 0.0440. The lowest BCUT2D eigenvalue weighted by Gasteiger charge is -2.10. The molecule has 5 rings (SSSR count). The molecule has 10 heteroatoms. The second kappa shape index (κ2) is 10.1. The van der Waals surface area contributed by atoms with Gasteiger partial charge in [-0.3, -0.25) is 0 Å². The number of hydrogen-bond donors (Lipinski definition) is 1. The third-order valence-corrected chi connectivity index (χ3v) is 8.34. The first-order valence-electron chi connectivity index (χ1n) is 11.7. The Hall–Kier alpha value is -4.34. The van der Waals surface area contributed by atoms with Crippen molar-refractivity contribution in [3.05, 3.63) is 95.3 Å². The largest absolute Gasteiger partial charge is 0.505 e. The van der Waals surface area contributed by atoms with Gasteiger partial charge in [0.1, 0.15) is 17.1 Å². The van der Waals surface area contributed by atoms with Gasteiger partial charge in [0.05, 0.1) is 24.1 Å². The summed E-state index contributed by atoms with van der Waals surface area (Å²) in [5.41, 5.74) is 3.29. The summed E-state index contributed by atoms with van der Waals surface area (Å²) in [6, 6.07) is 18.5. The van der Waals surface area contributed by atoms with Crippen molar-refractivity contribution in [3.63, 3.8) is 0 Å². The minimum atomic E-state index is -4.00.